The van der Waals surface area contributed by atoms with E-state index in [-0.39, 0.29) is 12.6 Å². The molecule has 3 N–H and O–H groups in total. The Bertz CT molecular complexity index is 287. The average molecular weight is 223 g/mol. The van der Waals surface area contributed by atoms with E-state index < -0.39 is 6.10 Å². The van der Waals surface area contributed by atoms with Gasteiger partial charge in [-0.2, -0.15) is 0 Å². The third-order valence-electron chi connectivity index (χ3n) is 2.76. The van der Waals surface area contributed by atoms with E-state index in [0.717, 1.165) is 5.56 Å². The fraction of sp³-hybridized carbons (Fsp3) is 0.538. The van der Waals surface area contributed by atoms with Crippen LogP contribution in [0.4, 0.5) is 0 Å². The lowest BCUT2D eigenvalue weighted by Crippen LogP contribution is -2.39. The molecule has 3 heteroatoms. The highest BCUT2D eigenvalue weighted by Gasteiger charge is 2.14. The Labute approximate surface area is 97.1 Å². The molecule has 0 aromatic heterocycles. The largest absolute Gasteiger partial charge is 0.395 e. The van der Waals surface area contributed by atoms with Crippen LogP contribution in [0, 0.1) is 5.92 Å². The van der Waals surface area contributed by atoms with Crippen molar-refractivity contribution in [3.63, 3.8) is 0 Å². The van der Waals surface area contributed by atoms with Gasteiger partial charge in [0, 0.05) is 12.6 Å². The second kappa shape index (κ2) is 6.63. The molecule has 90 valence electrons. The number of aliphatic hydroxyl groups is 2. The minimum absolute atomic E-state index is 0.0402. The molecule has 0 amide bonds. The molecule has 0 saturated carbocycles. The molecule has 16 heavy (non-hydrogen) atoms. The number of aliphatic hydroxyl groups excluding tert-OH is 2. The van der Waals surface area contributed by atoms with E-state index in [9.17, 15) is 5.11 Å². The van der Waals surface area contributed by atoms with Crippen LogP contribution >= 0.6 is 0 Å². The monoisotopic (exact) mass is 223 g/mol. The number of nitrogens with one attached hydrogen (secondary N) is 1. The van der Waals surface area contributed by atoms with Gasteiger partial charge >= 0.3 is 0 Å². The van der Waals surface area contributed by atoms with Crippen LogP contribution < -0.4 is 5.32 Å². The van der Waals surface area contributed by atoms with Crippen molar-refractivity contribution in [2.45, 2.75) is 26.0 Å². The molecule has 1 aromatic carbocycles. The first-order valence-electron chi connectivity index (χ1n) is 5.72. The highest BCUT2D eigenvalue weighted by molar-refractivity contribution is 5.17. The smallest absolute Gasteiger partial charge is 0.0914 e. The normalized spacial score (nSPS) is 15.1. The minimum atomic E-state index is -0.519. The molecular formula is C13H21NO2. The first-order chi connectivity index (χ1) is 7.65. The van der Waals surface area contributed by atoms with Crippen molar-refractivity contribution in [3.05, 3.63) is 35.9 Å². The zero-order chi connectivity index (χ0) is 12.0. The maximum atomic E-state index is 9.90. The summed E-state index contributed by atoms with van der Waals surface area (Å²) in [4.78, 5) is 0. The molecule has 0 aliphatic carbocycles. The third-order valence-corrected chi connectivity index (χ3v) is 2.76. The quantitative estimate of drug-likeness (QED) is 0.682. The molecule has 1 aromatic rings. The summed E-state index contributed by atoms with van der Waals surface area (Å²) in [5.74, 6) is 0.355. The minimum Gasteiger partial charge on any atom is -0.395 e. The highest BCUT2D eigenvalue weighted by atomic mass is 16.3. The summed E-state index contributed by atoms with van der Waals surface area (Å²) >= 11 is 0. The molecule has 0 spiro atoms. The van der Waals surface area contributed by atoms with Crippen LogP contribution in [0.2, 0.25) is 0 Å². The van der Waals surface area contributed by atoms with Crippen LogP contribution in [-0.4, -0.2) is 29.4 Å². The van der Waals surface area contributed by atoms with Crippen LogP contribution in [-0.2, 0) is 0 Å². The van der Waals surface area contributed by atoms with Crippen LogP contribution in [0.15, 0.2) is 30.3 Å². The number of benzene rings is 1. The fourth-order valence-corrected chi connectivity index (χ4v) is 1.57. The summed E-state index contributed by atoms with van der Waals surface area (Å²) < 4.78 is 0. The van der Waals surface area contributed by atoms with Gasteiger partial charge in [0.15, 0.2) is 0 Å². The topological polar surface area (TPSA) is 52.5 Å². The van der Waals surface area contributed by atoms with Gasteiger partial charge in [-0.1, -0.05) is 44.2 Å². The predicted octanol–water partition coefficient (Wildman–Crippen LogP) is 1.33. The second-order valence-corrected chi connectivity index (χ2v) is 4.37. The Balaban J connectivity index is 2.43. The molecule has 0 radical (unpaired) electrons. The number of rotatable bonds is 6. The molecule has 3 nitrogen and oxygen atoms in total. The van der Waals surface area contributed by atoms with Gasteiger partial charge in [0.05, 0.1) is 12.7 Å². The zero-order valence-corrected chi connectivity index (χ0v) is 9.93. The summed E-state index contributed by atoms with van der Waals surface area (Å²) in [7, 11) is 0. The first-order valence-corrected chi connectivity index (χ1v) is 5.72. The highest BCUT2D eigenvalue weighted by Crippen LogP contribution is 2.11. The van der Waals surface area contributed by atoms with Crippen molar-refractivity contribution in [2.24, 2.45) is 5.92 Å². The van der Waals surface area contributed by atoms with Gasteiger partial charge in [-0.05, 0) is 11.5 Å². The fourth-order valence-electron chi connectivity index (χ4n) is 1.57. The van der Waals surface area contributed by atoms with Gasteiger partial charge < -0.3 is 15.5 Å². The molecule has 1 rings (SSSR count). The number of hydrogen-bond acceptors (Lipinski definition) is 3. The van der Waals surface area contributed by atoms with E-state index in [1.807, 2.05) is 44.2 Å². The van der Waals surface area contributed by atoms with Gasteiger partial charge in [0.25, 0.3) is 0 Å². The maximum Gasteiger partial charge on any atom is 0.0914 e. The van der Waals surface area contributed by atoms with E-state index in [2.05, 4.69) is 5.32 Å². The van der Waals surface area contributed by atoms with Gasteiger partial charge in [0.2, 0.25) is 0 Å². The number of hydrogen-bond donors (Lipinski definition) is 3. The summed E-state index contributed by atoms with van der Waals surface area (Å²) in [6, 6.07) is 9.58. The lowest BCUT2D eigenvalue weighted by atomic mass is 10.0. The van der Waals surface area contributed by atoms with E-state index in [4.69, 9.17) is 5.11 Å². The zero-order valence-electron chi connectivity index (χ0n) is 9.93. The van der Waals surface area contributed by atoms with Crippen LogP contribution in [0.1, 0.15) is 25.5 Å². The molecule has 0 fully saturated rings. The standard InChI is InChI=1S/C13H21NO2/c1-10(2)12(9-15)14-8-13(16)11-6-4-3-5-7-11/h3-7,10,12-16H,8-9H2,1-2H3/t12-,13?/m1/s1. The van der Waals surface area contributed by atoms with E-state index >= 15 is 0 Å². The lowest BCUT2D eigenvalue weighted by Gasteiger charge is -2.22. The molecule has 0 bridgehead atoms. The molecule has 1 unspecified atom stereocenters. The molecule has 0 aliphatic heterocycles. The van der Waals surface area contributed by atoms with Gasteiger partial charge in [-0.15, -0.1) is 0 Å². The Morgan fingerprint density at radius 3 is 2.31 bits per heavy atom. The summed E-state index contributed by atoms with van der Waals surface area (Å²) in [6.45, 7) is 4.65. The molecule has 0 saturated heterocycles. The molecule has 0 aliphatic rings. The van der Waals surface area contributed by atoms with Gasteiger partial charge in [-0.25, -0.2) is 0 Å². The summed E-state index contributed by atoms with van der Waals surface area (Å²) in [5, 5.41) is 22.2. The molecular weight excluding hydrogens is 202 g/mol. The first kappa shape index (κ1) is 13.2. The Hall–Kier alpha value is -0.900. The van der Waals surface area contributed by atoms with Crippen LogP contribution in [0.25, 0.3) is 0 Å². The van der Waals surface area contributed by atoms with Crippen molar-refractivity contribution in [2.75, 3.05) is 13.2 Å². The van der Waals surface area contributed by atoms with Gasteiger partial charge in [-0.3, -0.25) is 0 Å². The van der Waals surface area contributed by atoms with Crippen molar-refractivity contribution >= 4 is 0 Å². The second-order valence-electron chi connectivity index (χ2n) is 4.37. The predicted molar refractivity (Wildman–Crippen MR) is 65.1 cm³/mol. The lowest BCUT2D eigenvalue weighted by molar-refractivity contribution is 0.148. The Morgan fingerprint density at radius 1 is 1.19 bits per heavy atom. The average Bonchev–Trinajstić information content (AvgIpc) is 2.30. The summed E-state index contributed by atoms with van der Waals surface area (Å²) in [6.07, 6.45) is -0.519. The van der Waals surface area contributed by atoms with Crippen molar-refractivity contribution in [3.8, 4) is 0 Å². The summed E-state index contributed by atoms with van der Waals surface area (Å²) in [5.41, 5.74) is 0.899. The maximum absolute atomic E-state index is 9.90. The molecule has 2 atom stereocenters. The van der Waals surface area contributed by atoms with E-state index in [1.165, 1.54) is 0 Å². The Morgan fingerprint density at radius 2 is 1.81 bits per heavy atom. The van der Waals surface area contributed by atoms with Crippen molar-refractivity contribution < 1.29 is 10.2 Å². The van der Waals surface area contributed by atoms with Crippen molar-refractivity contribution in [1.29, 1.82) is 0 Å². The SMILES string of the molecule is CC(C)[C@@H](CO)NCC(O)c1ccccc1. The van der Waals surface area contributed by atoms with Crippen molar-refractivity contribution in [1.82, 2.24) is 5.32 Å². The van der Waals surface area contributed by atoms with Crippen LogP contribution in [0.5, 0.6) is 0 Å². The van der Waals surface area contributed by atoms with Crippen LogP contribution in [0.3, 0.4) is 0 Å². The van der Waals surface area contributed by atoms with E-state index in [0.29, 0.717) is 12.5 Å². The Kier molecular flexibility index (Phi) is 5.46. The van der Waals surface area contributed by atoms with E-state index in [1.54, 1.807) is 0 Å². The molecule has 0 heterocycles. The van der Waals surface area contributed by atoms with Gasteiger partial charge in [0.1, 0.15) is 0 Å². The third kappa shape index (κ3) is 3.93.